The molecule has 1 aliphatic heterocycles. The summed E-state index contributed by atoms with van der Waals surface area (Å²) in [4.78, 5) is 22.5. The molecule has 4 aromatic rings. The number of piperazine rings is 1. The molecule has 1 aromatic heterocycles. The maximum absolute atomic E-state index is 13.0. The monoisotopic (exact) mass is 619 g/mol. The van der Waals surface area contributed by atoms with Crippen LogP contribution in [0.25, 0.3) is 10.2 Å². The number of nitrogens with zero attached hydrogens (tertiary/aromatic N) is 3. The lowest BCUT2D eigenvalue weighted by Gasteiger charge is -2.34. The molecule has 0 atom stereocenters. The fourth-order valence-corrected chi connectivity index (χ4v) is 6.95. The molecule has 0 saturated carbocycles. The molecule has 1 saturated heterocycles. The lowest BCUT2D eigenvalue weighted by molar-refractivity contribution is 0.0948. The fourth-order valence-electron chi connectivity index (χ4n) is 4.50. The minimum Gasteiger partial charge on any atom is -0.351 e. The van der Waals surface area contributed by atoms with Crippen LogP contribution in [0, 0.1) is 13.8 Å². The van der Waals surface area contributed by atoms with Gasteiger partial charge in [-0.1, -0.05) is 58.8 Å². The Balaban J connectivity index is 0.00000370. The van der Waals surface area contributed by atoms with E-state index in [9.17, 15) is 13.2 Å². The zero-order valence-corrected chi connectivity index (χ0v) is 25.4. The topological polar surface area (TPSA) is 94.6 Å². The van der Waals surface area contributed by atoms with Crippen LogP contribution in [-0.2, 0) is 10.0 Å². The van der Waals surface area contributed by atoms with E-state index in [2.05, 4.69) is 19.8 Å². The number of thiazole rings is 1. The van der Waals surface area contributed by atoms with Crippen molar-refractivity contribution in [3.8, 4) is 0 Å². The number of hydrogen-bond acceptors (Lipinski definition) is 7. The van der Waals surface area contributed by atoms with E-state index in [-0.39, 0.29) is 34.5 Å². The van der Waals surface area contributed by atoms with Crippen LogP contribution in [0.1, 0.15) is 21.5 Å². The van der Waals surface area contributed by atoms with Crippen LogP contribution in [-0.4, -0.2) is 63.5 Å². The van der Waals surface area contributed by atoms with Gasteiger partial charge >= 0.3 is 0 Å². The van der Waals surface area contributed by atoms with Crippen molar-refractivity contribution in [1.29, 1.82) is 0 Å². The number of hydrogen-bond donors (Lipinski definition) is 2. The molecule has 12 heteroatoms. The van der Waals surface area contributed by atoms with Crippen LogP contribution in [0.15, 0.2) is 65.6 Å². The molecule has 2 N–H and O–H groups in total. The highest BCUT2D eigenvalue weighted by atomic mass is 35.5. The number of anilines is 2. The third-order valence-electron chi connectivity index (χ3n) is 6.79. The number of nitrogens with one attached hydrogen (secondary N) is 2. The summed E-state index contributed by atoms with van der Waals surface area (Å²) in [6.07, 6.45) is 0. The molecule has 212 valence electrons. The van der Waals surface area contributed by atoms with Crippen LogP contribution in [0.2, 0.25) is 5.02 Å². The molecule has 3 aromatic carbocycles. The summed E-state index contributed by atoms with van der Waals surface area (Å²) in [5.41, 5.74) is 3.58. The van der Waals surface area contributed by atoms with Gasteiger partial charge in [-0.3, -0.25) is 14.4 Å². The van der Waals surface area contributed by atoms with E-state index >= 15 is 0 Å². The Morgan fingerprint density at radius 3 is 2.40 bits per heavy atom. The van der Waals surface area contributed by atoms with Crippen LogP contribution in [0.4, 0.5) is 10.8 Å². The number of para-hydroxylation sites is 1. The molecule has 0 spiro atoms. The Hall–Kier alpha value is -2.89. The summed E-state index contributed by atoms with van der Waals surface area (Å²) in [6.45, 7) is 8.48. The number of aromatic nitrogens is 1. The average Bonchev–Trinajstić information content (AvgIpc) is 3.39. The second-order valence-corrected chi connectivity index (χ2v) is 12.7. The van der Waals surface area contributed by atoms with Crippen molar-refractivity contribution < 1.29 is 13.2 Å². The molecule has 0 aliphatic carbocycles. The predicted molar refractivity (Wildman–Crippen MR) is 166 cm³/mol. The Morgan fingerprint density at radius 2 is 1.70 bits per heavy atom. The number of rotatable bonds is 8. The van der Waals surface area contributed by atoms with Gasteiger partial charge in [-0.05, 0) is 49.7 Å². The first-order valence-electron chi connectivity index (χ1n) is 12.7. The second-order valence-electron chi connectivity index (χ2n) is 9.59. The van der Waals surface area contributed by atoms with Gasteiger partial charge in [-0.2, -0.15) is 0 Å². The first-order valence-corrected chi connectivity index (χ1v) is 15.4. The van der Waals surface area contributed by atoms with E-state index in [0.29, 0.717) is 13.1 Å². The number of carbonyl (C=O) groups is 1. The highest BCUT2D eigenvalue weighted by Gasteiger charge is 2.22. The Bertz CT molecular complexity index is 1560. The number of fused-ring (bicyclic) bond motifs is 1. The standard InChI is InChI=1S/C28H30ClN5O3S2.ClH/c1-19-7-10-21(11-8-19)39(36,37)32-24-6-4-3-5-22(24)27(35)30-13-14-33-15-17-34(18-16-33)28-31-25-20(2)9-12-23(29)26(25)38-28;/h3-12,32H,13-18H2,1-2H3,(H,30,35);1H. The van der Waals surface area contributed by atoms with E-state index in [4.69, 9.17) is 16.6 Å². The average molecular weight is 621 g/mol. The van der Waals surface area contributed by atoms with Crippen LogP contribution < -0.4 is 14.9 Å². The molecule has 0 bridgehead atoms. The van der Waals surface area contributed by atoms with Crippen LogP contribution in [0.3, 0.4) is 0 Å². The highest BCUT2D eigenvalue weighted by molar-refractivity contribution is 7.92. The maximum Gasteiger partial charge on any atom is 0.261 e. The third-order valence-corrected chi connectivity index (χ3v) is 9.75. The molecule has 0 radical (unpaired) electrons. The van der Waals surface area contributed by atoms with Gasteiger partial charge in [0.15, 0.2) is 5.13 Å². The number of sulfonamides is 1. The van der Waals surface area contributed by atoms with E-state index in [1.54, 1.807) is 59.9 Å². The third kappa shape index (κ3) is 6.70. The smallest absolute Gasteiger partial charge is 0.261 e. The predicted octanol–water partition coefficient (Wildman–Crippen LogP) is 5.34. The molecule has 1 fully saturated rings. The van der Waals surface area contributed by atoms with Gasteiger partial charge in [0.05, 0.1) is 31.4 Å². The number of benzene rings is 3. The number of amides is 1. The Labute approximate surface area is 249 Å². The SMILES string of the molecule is Cc1ccc(S(=O)(=O)Nc2ccccc2C(=O)NCCN2CCN(c3nc4c(C)ccc(Cl)c4s3)CC2)cc1.Cl. The van der Waals surface area contributed by atoms with Crippen molar-refractivity contribution in [3.63, 3.8) is 0 Å². The first kappa shape index (κ1) is 30.1. The van der Waals surface area contributed by atoms with Gasteiger partial charge in [0.25, 0.3) is 15.9 Å². The van der Waals surface area contributed by atoms with Gasteiger partial charge in [0.2, 0.25) is 0 Å². The minimum absolute atomic E-state index is 0. The van der Waals surface area contributed by atoms with Crippen molar-refractivity contribution in [2.24, 2.45) is 0 Å². The first-order chi connectivity index (χ1) is 18.7. The zero-order valence-electron chi connectivity index (χ0n) is 22.2. The minimum atomic E-state index is -3.82. The van der Waals surface area contributed by atoms with Gasteiger partial charge in [0, 0.05) is 39.3 Å². The molecular formula is C28H31Cl2N5O3S2. The number of halogens is 2. The number of carbonyl (C=O) groups excluding carboxylic acids is 1. The largest absolute Gasteiger partial charge is 0.351 e. The zero-order chi connectivity index (χ0) is 27.6. The van der Waals surface area contributed by atoms with Gasteiger partial charge < -0.3 is 10.2 Å². The van der Waals surface area contributed by atoms with E-state index in [0.717, 1.165) is 57.7 Å². The highest BCUT2D eigenvalue weighted by Crippen LogP contribution is 2.35. The second kappa shape index (κ2) is 12.7. The molecule has 1 amide bonds. The summed E-state index contributed by atoms with van der Waals surface area (Å²) in [5.74, 6) is -0.322. The molecule has 2 heterocycles. The van der Waals surface area contributed by atoms with Crippen LogP contribution >= 0.6 is 35.3 Å². The number of aryl methyl sites for hydroxylation is 2. The molecule has 8 nitrogen and oxygen atoms in total. The molecule has 40 heavy (non-hydrogen) atoms. The van der Waals surface area contributed by atoms with Gasteiger partial charge in [0.1, 0.15) is 0 Å². The summed E-state index contributed by atoms with van der Waals surface area (Å²) in [6, 6.07) is 17.1. The molecular weight excluding hydrogens is 589 g/mol. The lowest BCUT2D eigenvalue weighted by atomic mass is 10.1. The van der Waals surface area contributed by atoms with E-state index < -0.39 is 10.0 Å². The van der Waals surface area contributed by atoms with Gasteiger partial charge in [-0.15, -0.1) is 12.4 Å². The summed E-state index contributed by atoms with van der Waals surface area (Å²) in [5, 5.41) is 4.66. The summed E-state index contributed by atoms with van der Waals surface area (Å²) >= 11 is 8.01. The Morgan fingerprint density at radius 1 is 1.00 bits per heavy atom. The van der Waals surface area contributed by atoms with Crippen molar-refractivity contribution in [2.45, 2.75) is 18.7 Å². The summed E-state index contributed by atoms with van der Waals surface area (Å²) < 4.78 is 29.3. The van der Waals surface area contributed by atoms with E-state index in [1.165, 1.54) is 0 Å². The van der Waals surface area contributed by atoms with Crippen LogP contribution in [0.5, 0.6) is 0 Å². The normalized spacial score (nSPS) is 14.1. The Kier molecular flexibility index (Phi) is 9.58. The van der Waals surface area contributed by atoms with Gasteiger partial charge in [-0.25, -0.2) is 13.4 Å². The summed E-state index contributed by atoms with van der Waals surface area (Å²) in [7, 11) is -3.82. The fraction of sp³-hybridized carbons (Fsp3) is 0.286. The molecule has 1 aliphatic rings. The maximum atomic E-state index is 13.0. The lowest BCUT2D eigenvalue weighted by Crippen LogP contribution is -2.48. The van der Waals surface area contributed by atoms with Crippen molar-refractivity contribution in [3.05, 3.63) is 82.4 Å². The quantitative estimate of drug-likeness (QED) is 0.276. The van der Waals surface area contributed by atoms with Crippen molar-refractivity contribution in [1.82, 2.24) is 15.2 Å². The molecule has 0 unspecified atom stereocenters. The van der Waals surface area contributed by atoms with E-state index in [1.807, 2.05) is 26.0 Å². The molecule has 5 rings (SSSR count). The van der Waals surface area contributed by atoms with Crippen molar-refractivity contribution in [2.75, 3.05) is 48.9 Å². The van der Waals surface area contributed by atoms with Crippen molar-refractivity contribution >= 4 is 72.3 Å².